The lowest BCUT2D eigenvalue weighted by molar-refractivity contribution is 0.632. The van der Waals surface area contributed by atoms with Crippen LogP contribution in [0.25, 0.3) is 0 Å². The van der Waals surface area contributed by atoms with Crippen LogP contribution in [0.3, 0.4) is 0 Å². The van der Waals surface area contributed by atoms with Gasteiger partial charge in [0.05, 0.1) is 0 Å². The molecule has 3 atom stereocenters. The van der Waals surface area contributed by atoms with E-state index in [4.69, 9.17) is 5.73 Å². The van der Waals surface area contributed by atoms with Crippen LogP contribution in [0.5, 0.6) is 0 Å². The molecule has 64 valence electrons. The molecule has 1 aliphatic rings. The third-order valence-electron chi connectivity index (χ3n) is 2.25. The van der Waals surface area contributed by atoms with E-state index in [1.165, 1.54) is 6.42 Å². The maximum absolute atomic E-state index is 5.80. The molecule has 0 amide bonds. The van der Waals surface area contributed by atoms with Gasteiger partial charge in [0.15, 0.2) is 0 Å². The molecule has 0 saturated heterocycles. The van der Waals surface area contributed by atoms with E-state index in [-0.39, 0.29) is 6.04 Å². The average Bonchev–Trinajstić information content (AvgIpc) is 2.80. The van der Waals surface area contributed by atoms with E-state index in [0.717, 1.165) is 12.3 Å². The van der Waals surface area contributed by atoms with Gasteiger partial charge in [-0.2, -0.15) is 0 Å². The van der Waals surface area contributed by atoms with Gasteiger partial charge in [0, 0.05) is 6.04 Å². The molecule has 0 radical (unpaired) electrons. The quantitative estimate of drug-likeness (QED) is 0.495. The largest absolute Gasteiger partial charge is 0.324 e. The van der Waals surface area contributed by atoms with Crippen molar-refractivity contribution >= 4 is 0 Å². The first-order valence-corrected chi connectivity index (χ1v) is 4.27. The smallest absolute Gasteiger partial charge is 0.0308 e. The highest BCUT2D eigenvalue weighted by Crippen LogP contribution is 2.42. The van der Waals surface area contributed by atoms with Crippen molar-refractivity contribution in [2.75, 3.05) is 0 Å². The third-order valence-corrected chi connectivity index (χ3v) is 2.25. The zero-order valence-electron chi connectivity index (χ0n) is 7.29. The Morgan fingerprint density at radius 2 is 2.42 bits per heavy atom. The molecule has 0 heterocycles. The van der Waals surface area contributed by atoms with Crippen LogP contribution < -0.4 is 5.73 Å². The van der Waals surface area contributed by atoms with Crippen LogP contribution in [-0.2, 0) is 0 Å². The maximum Gasteiger partial charge on any atom is 0.0308 e. The van der Waals surface area contributed by atoms with E-state index in [1.807, 2.05) is 12.2 Å². The number of hydrogen-bond donors (Lipinski definition) is 1. The lowest BCUT2D eigenvalue weighted by Gasteiger charge is -2.02. The molecule has 0 aromatic carbocycles. The van der Waals surface area contributed by atoms with E-state index >= 15 is 0 Å². The molecule has 1 rings (SSSR count). The fourth-order valence-corrected chi connectivity index (χ4v) is 1.41. The summed E-state index contributed by atoms with van der Waals surface area (Å²) in [5, 5.41) is 0. The Balaban J connectivity index is 2.28. The lowest BCUT2D eigenvalue weighted by atomic mass is 10.1. The Bertz CT molecular complexity index is 242. The van der Waals surface area contributed by atoms with E-state index < -0.39 is 0 Å². The van der Waals surface area contributed by atoms with Crippen molar-refractivity contribution in [3.63, 3.8) is 0 Å². The van der Waals surface area contributed by atoms with Gasteiger partial charge < -0.3 is 5.73 Å². The first kappa shape index (κ1) is 9.09. The zero-order valence-corrected chi connectivity index (χ0v) is 7.29. The first-order chi connectivity index (χ1) is 5.77. The summed E-state index contributed by atoms with van der Waals surface area (Å²) in [6.07, 6.45) is 6.13. The van der Waals surface area contributed by atoms with Gasteiger partial charge in [-0.3, -0.25) is 0 Å². The Morgan fingerprint density at radius 3 is 2.92 bits per heavy atom. The lowest BCUT2D eigenvalue weighted by Crippen LogP contribution is -2.17. The van der Waals surface area contributed by atoms with Crippen molar-refractivity contribution in [1.29, 1.82) is 0 Å². The van der Waals surface area contributed by atoms with Crippen LogP contribution in [0.2, 0.25) is 0 Å². The van der Waals surface area contributed by atoms with Gasteiger partial charge in [0.25, 0.3) is 0 Å². The topological polar surface area (TPSA) is 26.0 Å². The van der Waals surface area contributed by atoms with Gasteiger partial charge in [-0.15, -0.1) is 6.58 Å². The Kier molecular flexibility index (Phi) is 3.13. The van der Waals surface area contributed by atoms with Crippen molar-refractivity contribution in [3.8, 4) is 0 Å². The number of allylic oxidation sites excluding steroid dienone is 1. The summed E-state index contributed by atoms with van der Waals surface area (Å²) in [6, 6.07) is 0.106. The summed E-state index contributed by atoms with van der Waals surface area (Å²) in [4.78, 5) is 0. The van der Waals surface area contributed by atoms with Crippen LogP contribution in [0.1, 0.15) is 12.8 Å². The van der Waals surface area contributed by atoms with E-state index in [2.05, 4.69) is 24.6 Å². The summed E-state index contributed by atoms with van der Waals surface area (Å²) in [7, 11) is 0. The fraction of sp³-hybridized carbons (Fsp3) is 0.455. The van der Waals surface area contributed by atoms with Gasteiger partial charge in [0.2, 0.25) is 0 Å². The SMILES string of the molecule is C=C=C=CC(N)CC1CC1C=C. The van der Waals surface area contributed by atoms with Crippen molar-refractivity contribution in [1.82, 2.24) is 0 Å². The molecular weight excluding hydrogens is 146 g/mol. The summed E-state index contributed by atoms with van der Waals surface area (Å²) in [6.45, 7) is 7.17. The minimum atomic E-state index is 0.106. The molecule has 2 N–H and O–H groups in total. The van der Waals surface area contributed by atoms with Gasteiger partial charge in [-0.25, -0.2) is 0 Å². The number of rotatable bonds is 4. The first-order valence-electron chi connectivity index (χ1n) is 4.27. The number of hydrogen-bond acceptors (Lipinski definition) is 1. The second-order valence-corrected chi connectivity index (χ2v) is 3.28. The van der Waals surface area contributed by atoms with Crippen molar-refractivity contribution in [3.05, 3.63) is 36.8 Å². The van der Waals surface area contributed by atoms with Gasteiger partial charge in [-0.1, -0.05) is 17.5 Å². The Hall–Kier alpha value is -1.00. The van der Waals surface area contributed by atoms with Crippen molar-refractivity contribution in [2.45, 2.75) is 18.9 Å². The molecule has 1 saturated carbocycles. The highest BCUT2D eigenvalue weighted by Gasteiger charge is 2.34. The normalized spacial score (nSPS) is 28.1. The van der Waals surface area contributed by atoms with Crippen LogP contribution in [0, 0.1) is 11.8 Å². The highest BCUT2D eigenvalue weighted by molar-refractivity contribution is 5.02. The molecule has 1 aliphatic carbocycles. The van der Waals surface area contributed by atoms with Crippen molar-refractivity contribution < 1.29 is 0 Å². The average molecular weight is 161 g/mol. The van der Waals surface area contributed by atoms with Crippen LogP contribution in [0.15, 0.2) is 36.8 Å². The van der Waals surface area contributed by atoms with Gasteiger partial charge in [-0.05, 0) is 37.3 Å². The molecule has 1 heteroatoms. The van der Waals surface area contributed by atoms with E-state index in [0.29, 0.717) is 5.92 Å². The van der Waals surface area contributed by atoms with Crippen LogP contribution >= 0.6 is 0 Å². The molecule has 1 fully saturated rings. The molecule has 0 bridgehead atoms. The Labute approximate surface area is 74.0 Å². The second-order valence-electron chi connectivity index (χ2n) is 3.28. The molecule has 0 aliphatic heterocycles. The monoisotopic (exact) mass is 161 g/mol. The minimum absolute atomic E-state index is 0.106. The van der Waals surface area contributed by atoms with Crippen LogP contribution in [0.4, 0.5) is 0 Å². The van der Waals surface area contributed by atoms with E-state index in [9.17, 15) is 0 Å². The predicted octanol–water partition coefficient (Wildman–Crippen LogP) is 2.02. The van der Waals surface area contributed by atoms with Gasteiger partial charge in [0.1, 0.15) is 0 Å². The molecule has 3 unspecified atom stereocenters. The maximum atomic E-state index is 5.80. The standard InChI is InChI=1S/C11H15N/c1-3-5-6-11(12)8-10-7-9(10)4-2/h4,6,9-11H,1-2,7-8,12H2. The predicted molar refractivity (Wildman–Crippen MR) is 51.6 cm³/mol. The highest BCUT2D eigenvalue weighted by atomic mass is 14.6. The summed E-state index contributed by atoms with van der Waals surface area (Å²) >= 11 is 0. The molecule has 12 heavy (non-hydrogen) atoms. The third kappa shape index (κ3) is 2.56. The fourth-order valence-electron chi connectivity index (χ4n) is 1.41. The molecular formula is C11H15N. The van der Waals surface area contributed by atoms with Gasteiger partial charge >= 0.3 is 0 Å². The summed E-state index contributed by atoms with van der Waals surface area (Å²) in [5.74, 6) is 1.46. The Morgan fingerprint density at radius 1 is 1.67 bits per heavy atom. The molecule has 0 aromatic heterocycles. The van der Waals surface area contributed by atoms with E-state index in [1.54, 1.807) is 0 Å². The number of nitrogens with two attached hydrogens (primary N) is 1. The molecule has 0 spiro atoms. The molecule has 0 aromatic rings. The summed E-state index contributed by atoms with van der Waals surface area (Å²) in [5.41, 5.74) is 11.1. The molecule has 1 nitrogen and oxygen atoms in total. The minimum Gasteiger partial charge on any atom is -0.324 e. The van der Waals surface area contributed by atoms with Crippen molar-refractivity contribution in [2.24, 2.45) is 17.6 Å². The van der Waals surface area contributed by atoms with Crippen LogP contribution in [-0.4, -0.2) is 6.04 Å². The zero-order chi connectivity index (χ0) is 8.97. The second kappa shape index (κ2) is 4.13. The summed E-state index contributed by atoms with van der Waals surface area (Å²) < 4.78 is 0.